The van der Waals surface area contributed by atoms with E-state index in [0.29, 0.717) is 12.0 Å². The molecule has 2 aromatic heterocycles. The number of aromatic nitrogens is 2. The molecule has 172 valence electrons. The summed E-state index contributed by atoms with van der Waals surface area (Å²) in [5, 5.41) is 1.96. The third-order valence-electron chi connectivity index (χ3n) is 4.81. The van der Waals surface area contributed by atoms with Gasteiger partial charge >= 0.3 is 6.18 Å². The Morgan fingerprint density at radius 1 is 1.15 bits per heavy atom. The van der Waals surface area contributed by atoms with Crippen LogP contribution in [0.5, 0.6) is 5.88 Å². The van der Waals surface area contributed by atoms with Gasteiger partial charge in [-0.3, -0.25) is 9.78 Å². The van der Waals surface area contributed by atoms with Crippen molar-refractivity contribution in [1.29, 1.82) is 0 Å². The summed E-state index contributed by atoms with van der Waals surface area (Å²) in [6.45, 7) is -1.77. The zero-order chi connectivity index (χ0) is 23.8. The van der Waals surface area contributed by atoms with Gasteiger partial charge in [0.25, 0.3) is 5.91 Å². The average molecular weight is 484 g/mol. The molecule has 1 aliphatic carbocycles. The highest BCUT2D eigenvalue weighted by atomic mass is 35.5. The van der Waals surface area contributed by atoms with Gasteiger partial charge in [-0.1, -0.05) is 17.7 Å². The molecular weight excluding hydrogens is 469 g/mol. The van der Waals surface area contributed by atoms with Crippen molar-refractivity contribution in [2.75, 3.05) is 11.9 Å². The Morgan fingerprint density at radius 2 is 1.91 bits per heavy atom. The molecule has 0 bridgehead atoms. The predicted octanol–water partition coefficient (Wildman–Crippen LogP) is 6.15. The number of rotatable bonds is 6. The maximum Gasteiger partial charge on any atom is 0.422 e. The molecule has 1 amide bonds. The van der Waals surface area contributed by atoms with Crippen molar-refractivity contribution in [1.82, 2.24) is 9.97 Å². The number of para-hydroxylation sites is 1. The second-order valence-electron chi connectivity index (χ2n) is 7.37. The second kappa shape index (κ2) is 8.93. The van der Waals surface area contributed by atoms with Crippen molar-refractivity contribution < 1.29 is 31.5 Å². The van der Waals surface area contributed by atoms with Gasteiger partial charge in [-0.05, 0) is 43.2 Å². The van der Waals surface area contributed by atoms with Crippen LogP contribution in [0.2, 0.25) is 5.02 Å². The van der Waals surface area contributed by atoms with Crippen LogP contribution in [0.3, 0.4) is 0 Å². The minimum atomic E-state index is -4.74. The van der Waals surface area contributed by atoms with Gasteiger partial charge in [0.15, 0.2) is 12.4 Å². The van der Waals surface area contributed by atoms with Gasteiger partial charge in [-0.25, -0.2) is 13.8 Å². The van der Waals surface area contributed by atoms with Gasteiger partial charge < -0.3 is 10.1 Å². The Hall–Kier alpha value is -3.27. The quantitative estimate of drug-likeness (QED) is 0.427. The number of benzene rings is 1. The number of nitrogens with one attached hydrogen (secondary N) is 1. The minimum absolute atomic E-state index is 0.159. The van der Waals surface area contributed by atoms with E-state index in [9.17, 15) is 26.7 Å². The minimum Gasteiger partial charge on any atom is -0.467 e. The van der Waals surface area contributed by atoms with E-state index in [1.807, 2.05) is 0 Å². The van der Waals surface area contributed by atoms with Gasteiger partial charge in [0.2, 0.25) is 5.88 Å². The fourth-order valence-corrected chi connectivity index (χ4v) is 3.27. The van der Waals surface area contributed by atoms with Crippen LogP contribution in [0.1, 0.15) is 34.8 Å². The summed E-state index contributed by atoms with van der Waals surface area (Å²) >= 11 is 5.87. The average Bonchev–Trinajstić information content (AvgIpc) is 3.60. The van der Waals surface area contributed by atoms with Crippen LogP contribution >= 0.6 is 11.6 Å². The van der Waals surface area contributed by atoms with Crippen LogP contribution in [0, 0.1) is 11.6 Å². The van der Waals surface area contributed by atoms with E-state index in [0.717, 1.165) is 24.6 Å². The van der Waals surface area contributed by atoms with Crippen molar-refractivity contribution in [3.63, 3.8) is 0 Å². The van der Waals surface area contributed by atoms with Crippen LogP contribution in [-0.4, -0.2) is 28.7 Å². The Morgan fingerprint density at radius 3 is 2.52 bits per heavy atom. The largest absolute Gasteiger partial charge is 0.467 e. The van der Waals surface area contributed by atoms with E-state index in [1.54, 1.807) is 12.1 Å². The van der Waals surface area contributed by atoms with Crippen molar-refractivity contribution in [3.8, 4) is 17.1 Å². The number of amides is 1. The van der Waals surface area contributed by atoms with Crippen LogP contribution < -0.4 is 10.1 Å². The Kier molecular flexibility index (Phi) is 6.20. The van der Waals surface area contributed by atoms with Crippen molar-refractivity contribution in [2.45, 2.75) is 24.9 Å². The molecule has 1 aromatic carbocycles. The number of nitrogens with zero attached hydrogens (tertiary/aromatic N) is 2. The Bertz CT molecular complexity index is 1180. The van der Waals surface area contributed by atoms with Gasteiger partial charge in [0.1, 0.15) is 17.1 Å². The van der Waals surface area contributed by atoms with E-state index in [1.165, 1.54) is 18.3 Å². The standard InChI is InChI=1S/C22H15ClF5N3O2/c23-14-2-1-3-15(24)19(14)30-20(32)13-8-16(25)18(31-21(13)33-10-22(26,27)28)12-6-7-17(29-9-12)11-4-5-11/h1-3,6-9,11H,4-5,10H2,(H,30,32). The summed E-state index contributed by atoms with van der Waals surface area (Å²) < 4.78 is 71.8. The number of alkyl halides is 3. The molecule has 0 saturated heterocycles. The van der Waals surface area contributed by atoms with E-state index in [2.05, 4.69) is 15.3 Å². The summed E-state index contributed by atoms with van der Waals surface area (Å²) in [4.78, 5) is 20.7. The Balaban J connectivity index is 1.70. The van der Waals surface area contributed by atoms with Gasteiger partial charge in [0, 0.05) is 23.4 Å². The molecule has 1 N–H and O–H groups in total. The van der Waals surface area contributed by atoms with Crippen LogP contribution in [-0.2, 0) is 0 Å². The van der Waals surface area contributed by atoms with E-state index < -0.39 is 47.5 Å². The van der Waals surface area contributed by atoms with E-state index >= 15 is 0 Å². The maximum atomic E-state index is 14.9. The fourth-order valence-electron chi connectivity index (χ4n) is 3.06. The molecule has 0 aliphatic heterocycles. The molecule has 0 radical (unpaired) electrons. The van der Waals surface area contributed by atoms with Gasteiger partial charge in [0.05, 0.1) is 10.7 Å². The fraction of sp³-hybridized carbons (Fsp3) is 0.227. The monoisotopic (exact) mass is 483 g/mol. The van der Waals surface area contributed by atoms with Gasteiger partial charge in [-0.2, -0.15) is 13.2 Å². The molecule has 1 saturated carbocycles. The predicted molar refractivity (Wildman–Crippen MR) is 110 cm³/mol. The molecule has 0 atom stereocenters. The van der Waals surface area contributed by atoms with Crippen molar-refractivity contribution in [3.05, 3.63) is 70.5 Å². The highest BCUT2D eigenvalue weighted by molar-refractivity contribution is 6.34. The summed E-state index contributed by atoms with van der Waals surface area (Å²) in [6.07, 6.45) is -1.38. The summed E-state index contributed by atoms with van der Waals surface area (Å²) in [6, 6.07) is 7.50. The number of halogens is 6. The third kappa shape index (κ3) is 5.39. The molecule has 3 aromatic rings. The lowest BCUT2D eigenvalue weighted by molar-refractivity contribution is -0.154. The number of hydrogen-bond acceptors (Lipinski definition) is 4. The van der Waals surface area contributed by atoms with Crippen LogP contribution in [0.25, 0.3) is 11.3 Å². The van der Waals surface area contributed by atoms with Gasteiger partial charge in [-0.15, -0.1) is 0 Å². The molecular formula is C22H15ClF5N3O2. The second-order valence-corrected chi connectivity index (χ2v) is 7.78. The Labute approximate surface area is 189 Å². The molecule has 33 heavy (non-hydrogen) atoms. The van der Waals surface area contributed by atoms with Crippen LogP contribution in [0.15, 0.2) is 42.6 Å². The highest BCUT2D eigenvalue weighted by Crippen LogP contribution is 2.39. The zero-order valence-electron chi connectivity index (χ0n) is 16.7. The number of carbonyl (C=O) groups is 1. The lowest BCUT2D eigenvalue weighted by atomic mass is 10.1. The highest BCUT2D eigenvalue weighted by Gasteiger charge is 2.31. The van der Waals surface area contributed by atoms with Crippen molar-refractivity contribution >= 4 is 23.2 Å². The lowest BCUT2D eigenvalue weighted by Crippen LogP contribution is -2.22. The molecule has 0 unspecified atom stereocenters. The van der Waals surface area contributed by atoms with Crippen molar-refractivity contribution in [2.24, 2.45) is 0 Å². The summed E-state index contributed by atoms with van der Waals surface area (Å²) in [5.74, 6) is -3.47. The van der Waals surface area contributed by atoms with E-state index in [-0.39, 0.29) is 16.3 Å². The molecule has 1 fully saturated rings. The molecule has 1 aliphatic rings. The zero-order valence-corrected chi connectivity index (χ0v) is 17.5. The lowest BCUT2D eigenvalue weighted by Gasteiger charge is -2.15. The molecule has 11 heteroatoms. The normalized spacial score (nSPS) is 13.6. The van der Waals surface area contributed by atoms with Crippen LogP contribution in [0.4, 0.5) is 27.6 Å². The summed E-state index contributed by atoms with van der Waals surface area (Å²) in [5.41, 5.74) is -0.413. The molecule has 5 nitrogen and oxygen atoms in total. The number of carbonyl (C=O) groups excluding carboxylic acids is 1. The number of anilines is 1. The first-order chi connectivity index (χ1) is 15.6. The SMILES string of the molecule is O=C(Nc1c(F)cccc1Cl)c1cc(F)c(-c2ccc(C3CC3)nc2)nc1OCC(F)(F)F. The summed E-state index contributed by atoms with van der Waals surface area (Å²) in [7, 11) is 0. The topological polar surface area (TPSA) is 64.1 Å². The number of pyridine rings is 2. The smallest absolute Gasteiger partial charge is 0.422 e. The first kappa shape index (κ1) is 22.9. The molecule has 4 rings (SSSR count). The first-order valence-electron chi connectivity index (χ1n) is 9.74. The van der Waals surface area contributed by atoms with E-state index in [4.69, 9.17) is 16.3 Å². The molecule has 0 spiro atoms. The molecule has 2 heterocycles. The maximum absolute atomic E-state index is 14.9. The first-order valence-corrected chi connectivity index (χ1v) is 10.1. The number of hydrogen-bond donors (Lipinski definition) is 1. The number of ether oxygens (including phenoxy) is 1. The third-order valence-corrected chi connectivity index (χ3v) is 5.13.